The first kappa shape index (κ1) is 16.5. The summed E-state index contributed by atoms with van der Waals surface area (Å²) in [5.74, 6) is -0.161. The van der Waals surface area contributed by atoms with Crippen molar-refractivity contribution in [2.45, 2.75) is 11.4 Å². The molecule has 1 aliphatic heterocycles. The maximum atomic E-state index is 12.6. The molecule has 9 nitrogen and oxygen atoms in total. The molecule has 10 heteroatoms. The van der Waals surface area contributed by atoms with E-state index in [2.05, 4.69) is 15.0 Å². The number of hydrogen-bond donors (Lipinski definition) is 0. The second kappa shape index (κ2) is 6.65. The van der Waals surface area contributed by atoms with Gasteiger partial charge in [0, 0.05) is 51.8 Å². The van der Waals surface area contributed by atoms with Crippen LogP contribution in [0.3, 0.4) is 0 Å². The van der Waals surface area contributed by atoms with Crippen LogP contribution in [0.4, 0.5) is 0 Å². The second-order valence-electron chi connectivity index (χ2n) is 5.50. The minimum atomic E-state index is -3.65. The van der Waals surface area contributed by atoms with Crippen molar-refractivity contribution in [1.29, 1.82) is 0 Å². The molecular formula is C14H18N6O3S. The fourth-order valence-electron chi connectivity index (χ4n) is 2.54. The molecule has 0 unspecified atom stereocenters. The van der Waals surface area contributed by atoms with Crippen molar-refractivity contribution in [3.8, 4) is 0 Å². The highest BCUT2D eigenvalue weighted by molar-refractivity contribution is 7.89. The van der Waals surface area contributed by atoms with Crippen LogP contribution in [0.15, 0.2) is 36.0 Å². The lowest BCUT2D eigenvalue weighted by atomic mass is 10.3. The molecule has 0 spiro atoms. The van der Waals surface area contributed by atoms with E-state index >= 15 is 0 Å². The number of aromatic nitrogens is 4. The normalized spacial score (nSPS) is 16.8. The number of carbonyl (C=O) groups is 1. The minimum absolute atomic E-state index is 0.0242. The molecule has 1 saturated heterocycles. The van der Waals surface area contributed by atoms with Gasteiger partial charge < -0.3 is 9.47 Å². The molecular weight excluding hydrogens is 332 g/mol. The number of amides is 1. The van der Waals surface area contributed by atoms with Gasteiger partial charge in [-0.05, 0) is 12.5 Å². The monoisotopic (exact) mass is 350 g/mol. The predicted molar refractivity (Wildman–Crippen MR) is 84.5 cm³/mol. The molecule has 3 rings (SSSR count). The summed E-state index contributed by atoms with van der Waals surface area (Å²) in [6, 6.07) is 1.64. The molecule has 0 saturated carbocycles. The summed E-state index contributed by atoms with van der Waals surface area (Å²) in [7, 11) is -1.93. The van der Waals surface area contributed by atoms with Crippen LogP contribution < -0.4 is 0 Å². The number of hydrogen-bond acceptors (Lipinski definition) is 6. The minimum Gasteiger partial charge on any atom is -0.339 e. The standard InChI is InChI=1S/C14H18N6O3S/c1-18-10-12(17-11-18)24(22,23)20-7-3-6-19(8-9-20)14(21)13-15-4-2-5-16-13/h2,4-5,10-11H,3,6-9H2,1H3. The van der Waals surface area contributed by atoms with Gasteiger partial charge in [-0.15, -0.1) is 0 Å². The van der Waals surface area contributed by atoms with Crippen LogP contribution in [0.5, 0.6) is 0 Å². The van der Waals surface area contributed by atoms with Crippen LogP contribution in [0.25, 0.3) is 0 Å². The topological polar surface area (TPSA) is 101 Å². The number of imidazole rings is 1. The fraction of sp³-hybridized carbons (Fsp3) is 0.429. The summed E-state index contributed by atoms with van der Waals surface area (Å²) in [5, 5.41) is 0.0242. The van der Waals surface area contributed by atoms with E-state index in [9.17, 15) is 13.2 Å². The Bertz CT molecular complexity index is 820. The van der Waals surface area contributed by atoms with Crippen LogP contribution in [-0.4, -0.2) is 69.2 Å². The number of rotatable bonds is 3. The summed E-state index contributed by atoms with van der Waals surface area (Å²) < 4.78 is 28.2. The Balaban J connectivity index is 1.72. The van der Waals surface area contributed by atoms with Crippen molar-refractivity contribution in [2.75, 3.05) is 26.2 Å². The zero-order valence-corrected chi connectivity index (χ0v) is 14.1. The summed E-state index contributed by atoms with van der Waals surface area (Å²) in [6.45, 7) is 1.32. The van der Waals surface area contributed by atoms with E-state index in [1.54, 1.807) is 22.6 Å². The lowest BCUT2D eigenvalue weighted by molar-refractivity contribution is 0.0752. The van der Waals surface area contributed by atoms with E-state index in [1.807, 2.05) is 0 Å². The van der Waals surface area contributed by atoms with E-state index in [4.69, 9.17) is 0 Å². The van der Waals surface area contributed by atoms with E-state index in [0.717, 1.165) is 0 Å². The average molecular weight is 350 g/mol. The third kappa shape index (κ3) is 3.29. The highest BCUT2D eigenvalue weighted by Gasteiger charge is 2.30. The number of sulfonamides is 1. The third-order valence-electron chi connectivity index (χ3n) is 3.78. The molecule has 1 fully saturated rings. The first-order chi connectivity index (χ1) is 11.5. The fourth-order valence-corrected chi connectivity index (χ4v) is 3.98. The smallest absolute Gasteiger partial charge is 0.291 e. The van der Waals surface area contributed by atoms with Gasteiger partial charge in [-0.2, -0.15) is 4.31 Å². The van der Waals surface area contributed by atoms with Gasteiger partial charge in [0.2, 0.25) is 5.82 Å². The largest absolute Gasteiger partial charge is 0.339 e. The molecule has 2 aromatic rings. The number of nitrogens with zero attached hydrogens (tertiary/aromatic N) is 6. The highest BCUT2D eigenvalue weighted by Crippen LogP contribution is 2.16. The van der Waals surface area contributed by atoms with Crippen molar-refractivity contribution < 1.29 is 13.2 Å². The summed E-state index contributed by atoms with van der Waals surface area (Å²) in [5.41, 5.74) is 0. The Hall–Kier alpha value is -2.33. The second-order valence-corrected chi connectivity index (χ2v) is 7.38. The van der Waals surface area contributed by atoms with Gasteiger partial charge >= 0.3 is 0 Å². The maximum absolute atomic E-state index is 12.6. The Kier molecular flexibility index (Phi) is 4.58. The lowest BCUT2D eigenvalue weighted by Gasteiger charge is -2.20. The van der Waals surface area contributed by atoms with Crippen LogP contribution in [-0.2, 0) is 17.1 Å². The SMILES string of the molecule is Cn1cnc(S(=O)(=O)N2CCCN(C(=O)c3ncccn3)CC2)c1. The summed E-state index contributed by atoms with van der Waals surface area (Å²) in [6.07, 6.45) is 6.49. The third-order valence-corrected chi connectivity index (χ3v) is 5.57. The molecule has 1 aliphatic rings. The van der Waals surface area contributed by atoms with E-state index < -0.39 is 10.0 Å². The zero-order valence-electron chi connectivity index (χ0n) is 13.2. The van der Waals surface area contributed by atoms with Gasteiger partial charge in [0.1, 0.15) is 0 Å². The van der Waals surface area contributed by atoms with Gasteiger partial charge in [0.05, 0.1) is 6.33 Å². The molecule has 24 heavy (non-hydrogen) atoms. The highest BCUT2D eigenvalue weighted by atomic mass is 32.2. The van der Waals surface area contributed by atoms with Gasteiger partial charge in [-0.25, -0.2) is 23.4 Å². The predicted octanol–water partition coefficient (Wildman–Crippen LogP) is -0.253. The van der Waals surface area contributed by atoms with Crippen molar-refractivity contribution in [2.24, 2.45) is 7.05 Å². The first-order valence-electron chi connectivity index (χ1n) is 7.53. The molecule has 0 bridgehead atoms. The van der Waals surface area contributed by atoms with Crippen molar-refractivity contribution in [3.63, 3.8) is 0 Å². The first-order valence-corrected chi connectivity index (χ1v) is 8.97. The van der Waals surface area contributed by atoms with Crippen molar-refractivity contribution in [1.82, 2.24) is 28.7 Å². The maximum Gasteiger partial charge on any atom is 0.291 e. The number of aryl methyl sites for hydroxylation is 1. The van der Waals surface area contributed by atoms with E-state index in [-0.39, 0.29) is 23.3 Å². The van der Waals surface area contributed by atoms with Crippen LogP contribution >= 0.6 is 0 Å². The van der Waals surface area contributed by atoms with Gasteiger partial charge in [-0.1, -0.05) is 0 Å². The van der Waals surface area contributed by atoms with Crippen LogP contribution in [0, 0.1) is 0 Å². The summed E-state index contributed by atoms with van der Waals surface area (Å²) in [4.78, 5) is 25.8. The number of carbonyl (C=O) groups excluding carboxylic acids is 1. The molecule has 0 atom stereocenters. The van der Waals surface area contributed by atoms with Crippen LogP contribution in [0.2, 0.25) is 0 Å². The Morgan fingerprint density at radius 2 is 1.83 bits per heavy atom. The Morgan fingerprint density at radius 1 is 1.08 bits per heavy atom. The zero-order chi connectivity index (χ0) is 17.2. The van der Waals surface area contributed by atoms with E-state index in [1.165, 1.54) is 29.2 Å². The lowest BCUT2D eigenvalue weighted by Crippen LogP contribution is -2.38. The van der Waals surface area contributed by atoms with E-state index in [0.29, 0.717) is 26.1 Å². The van der Waals surface area contributed by atoms with Gasteiger partial charge in [-0.3, -0.25) is 4.79 Å². The average Bonchev–Trinajstić information content (AvgIpc) is 2.88. The molecule has 1 amide bonds. The molecule has 3 heterocycles. The molecule has 128 valence electrons. The van der Waals surface area contributed by atoms with Gasteiger partial charge in [0.25, 0.3) is 15.9 Å². The molecule has 0 N–H and O–H groups in total. The molecule has 0 aliphatic carbocycles. The van der Waals surface area contributed by atoms with Crippen molar-refractivity contribution >= 4 is 15.9 Å². The quantitative estimate of drug-likeness (QED) is 0.756. The molecule has 0 radical (unpaired) electrons. The Labute approximate surface area is 140 Å². The van der Waals surface area contributed by atoms with Crippen molar-refractivity contribution in [3.05, 3.63) is 36.8 Å². The van der Waals surface area contributed by atoms with Gasteiger partial charge in [0.15, 0.2) is 5.03 Å². The Morgan fingerprint density at radius 3 is 2.50 bits per heavy atom. The molecule has 0 aromatic carbocycles. The van der Waals surface area contributed by atoms with Crippen LogP contribution in [0.1, 0.15) is 17.0 Å². The molecule has 2 aromatic heterocycles. The summed E-state index contributed by atoms with van der Waals surface area (Å²) >= 11 is 0.